The number of nitrogens with zero attached hydrogens (tertiary/aromatic N) is 1. The fourth-order valence-corrected chi connectivity index (χ4v) is 1.74. The first-order valence-electron chi connectivity index (χ1n) is 5.51. The molecule has 0 saturated heterocycles. The predicted octanol–water partition coefficient (Wildman–Crippen LogP) is 1.89. The van der Waals surface area contributed by atoms with E-state index in [0.717, 1.165) is 31.7 Å². The van der Waals surface area contributed by atoms with Gasteiger partial charge in [-0.1, -0.05) is 17.7 Å². The van der Waals surface area contributed by atoms with Gasteiger partial charge < -0.3 is 10.6 Å². The summed E-state index contributed by atoms with van der Waals surface area (Å²) >= 11 is 0. The number of benzene rings is 1. The standard InChI is InChI=1S/C13H15N3/c14-9-12-2-1-3-13(8-12)16-10-11-4-6-15-7-5-11/h1-4,8,15-16H,5-7,10H2. The maximum absolute atomic E-state index is 8.78. The van der Waals surface area contributed by atoms with Gasteiger partial charge in [-0.05, 0) is 31.2 Å². The molecule has 0 amide bonds. The molecule has 0 spiro atoms. The molecule has 0 bridgehead atoms. The molecule has 0 atom stereocenters. The molecule has 1 aliphatic rings. The number of nitrogens with one attached hydrogen (secondary N) is 2. The van der Waals surface area contributed by atoms with Crippen LogP contribution in [0.25, 0.3) is 0 Å². The third-order valence-corrected chi connectivity index (χ3v) is 2.67. The number of hydrogen-bond donors (Lipinski definition) is 2. The van der Waals surface area contributed by atoms with Crippen molar-refractivity contribution < 1.29 is 0 Å². The van der Waals surface area contributed by atoms with E-state index in [9.17, 15) is 0 Å². The Morgan fingerprint density at radius 2 is 2.38 bits per heavy atom. The van der Waals surface area contributed by atoms with Crippen LogP contribution in [0.2, 0.25) is 0 Å². The van der Waals surface area contributed by atoms with Gasteiger partial charge in [0.2, 0.25) is 0 Å². The zero-order valence-electron chi connectivity index (χ0n) is 9.16. The van der Waals surface area contributed by atoms with Crippen LogP contribution in [0.3, 0.4) is 0 Å². The van der Waals surface area contributed by atoms with Crippen LogP contribution < -0.4 is 10.6 Å². The van der Waals surface area contributed by atoms with Gasteiger partial charge in [-0.2, -0.15) is 5.26 Å². The van der Waals surface area contributed by atoms with E-state index in [2.05, 4.69) is 22.8 Å². The third-order valence-electron chi connectivity index (χ3n) is 2.67. The Kier molecular flexibility index (Phi) is 3.58. The number of hydrogen-bond acceptors (Lipinski definition) is 3. The lowest BCUT2D eigenvalue weighted by Gasteiger charge is -2.15. The average molecular weight is 213 g/mol. The van der Waals surface area contributed by atoms with Gasteiger partial charge >= 0.3 is 0 Å². The molecule has 0 aliphatic carbocycles. The SMILES string of the molecule is N#Cc1cccc(NCC2=CCNCC2)c1. The van der Waals surface area contributed by atoms with Gasteiger partial charge in [0.05, 0.1) is 11.6 Å². The van der Waals surface area contributed by atoms with Crippen molar-refractivity contribution in [2.75, 3.05) is 25.0 Å². The lowest BCUT2D eigenvalue weighted by Crippen LogP contribution is -2.23. The Hall–Kier alpha value is -1.79. The van der Waals surface area contributed by atoms with Gasteiger partial charge in [0.1, 0.15) is 0 Å². The van der Waals surface area contributed by atoms with Crippen LogP contribution in [0, 0.1) is 11.3 Å². The summed E-state index contributed by atoms with van der Waals surface area (Å²) in [7, 11) is 0. The molecule has 0 aromatic heterocycles. The zero-order chi connectivity index (χ0) is 11.2. The number of rotatable bonds is 3. The van der Waals surface area contributed by atoms with E-state index in [1.807, 2.05) is 24.3 Å². The molecule has 2 N–H and O–H groups in total. The minimum Gasteiger partial charge on any atom is -0.381 e. The highest BCUT2D eigenvalue weighted by Crippen LogP contribution is 2.11. The molecule has 2 rings (SSSR count). The highest BCUT2D eigenvalue weighted by atomic mass is 14.9. The van der Waals surface area contributed by atoms with Crippen molar-refractivity contribution in [1.29, 1.82) is 5.26 Å². The second-order valence-electron chi connectivity index (χ2n) is 3.86. The summed E-state index contributed by atoms with van der Waals surface area (Å²) in [4.78, 5) is 0. The van der Waals surface area contributed by atoms with Crippen molar-refractivity contribution in [3.8, 4) is 6.07 Å². The van der Waals surface area contributed by atoms with Gasteiger partial charge in [-0.3, -0.25) is 0 Å². The van der Waals surface area contributed by atoms with E-state index in [1.54, 1.807) is 0 Å². The van der Waals surface area contributed by atoms with E-state index < -0.39 is 0 Å². The van der Waals surface area contributed by atoms with E-state index in [1.165, 1.54) is 5.57 Å². The van der Waals surface area contributed by atoms with Crippen molar-refractivity contribution >= 4 is 5.69 Å². The number of anilines is 1. The van der Waals surface area contributed by atoms with Crippen molar-refractivity contribution in [2.45, 2.75) is 6.42 Å². The van der Waals surface area contributed by atoms with Gasteiger partial charge in [-0.25, -0.2) is 0 Å². The quantitative estimate of drug-likeness (QED) is 0.754. The molecule has 1 aliphatic heterocycles. The largest absolute Gasteiger partial charge is 0.381 e. The van der Waals surface area contributed by atoms with Crippen LogP contribution in [-0.2, 0) is 0 Å². The van der Waals surface area contributed by atoms with E-state index >= 15 is 0 Å². The average Bonchev–Trinajstić information content (AvgIpc) is 2.38. The van der Waals surface area contributed by atoms with Crippen LogP contribution >= 0.6 is 0 Å². The lowest BCUT2D eigenvalue weighted by molar-refractivity contribution is 0.698. The molecular formula is C13H15N3. The Balaban J connectivity index is 1.94. The maximum Gasteiger partial charge on any atom is 0.0992 e. The van der Waals surface area contributed by atoms with Crippen molar-refractivity contribution in [3.05, 3.63) is 41.5 Å². The van der Waals surface area contributed by atoms with E-state index in [-0.39, 0.29) is 0 Å². The maximum atomic E-state index is 8.78. The predicted molar refractivity (Wildman–Crippen MR) is 65.2 cm³/mol. The second kappa shape index (κ2) is 5.34. The minimum absolute atomic E-state index is 0.698. The zero-order valence-corrected chi connectivity index (χ0v) is 9.16. The Bertz CT molecular complexity index is 429. The highest BCUT2D eigenvalue weighted by Gasteiger charge is 2.02. The van der Waals surface area contributed by atoms with E-state index in [0.29, 0.717) is 5.56 Å². The Labute approximate surface area is 95.8 Å². The summed E-state index contributed by atoms with van der Waals surface area (Å²) in [5.74, 6) is 0. The van der Waals surface area contributed by atoms with Crippen LogP contribution in [-0.4, -0.2) is 19.6 Å². The molecule has 1 aromatic rings. The van der Waals surface area contributed by atoms with Crippen molar-refractivity contribution in [3.63, 3.8) is 0 Å². The smallest absolute Gasteiger partial charge is 0.0992 e. The highest BCUT2D eigenvalue weighted by molar-refractivity contribution is 5.49. The first-order valence-corrected chi connectivity index (χ1v) is 5.51. The van der Waals surface area contributed by atoms with Crippen LogP contribution in [0.1, 0.15) is 12.0 Å². The Morgan fingerprint density at radius 1 is 1.44 bits per heavy atom. The molecular weight excluding hydrogens is 198 g/mol. The molecule has 0 fully saturated rings. The summed E-state index contributed by atoms with van der Waals surface area (Å²) in [5.41, 5.74) is 3.14. The normalized spacial score (nSPS) is 15.1. The fraction of sp³-hybridized carbons (Fsp3) is 0.308. The minimum atomic E-state index is 0.698. The summed E-state index contributed by atoms with van der Waals surface area (Å²) < 4.78 is 0. The van der Waals surface area contributed by atoms with Crippen molar-refractivity contribution in [2.24, 2.45) is 0 Å². The molecule has 0 unspecified atom stereocenters. The van der Waals surface area contributed by atoms with Gasteiger partial charge in [0.15, 0.2) is 0 Å². The summed E-state index contributed by atoms with van der Waals surface area (Å²) in [6, 6.07) is 9.72. The molecule has 3 nitrogen and oxygen atoms in total. The summed E-state index contributed by atoms with van der Waals surface area (Å²) in [6.07, 6.45) is 3.33. The van der Waals surface area contributed by atoms with Gasteiger partial charge in [-0.15, -0.1) is 0 Å². The molecule has 16 heavy (non-hydrogen) atoms. The molecule has 0 saturated carbocycles. The van der Waals surface area contributed by atoms with Crippen LogP contribution in [0.15, 0.2) is 35.9 Å². The first-order chi connectivity index (χ1) is 7.88. The molecule has 82 valence electrons. The fourth-order valence-electron chi connectivity index (χ4n) is 1.74. The molecule has 0 radical (unpaired) electrons. The summed E-state index contributed by atoms with van der Waals surface area (Å²) in [5, 5.41) is 15.4. The van der Waals surface area contributed by atoms with Crippen LogP contribution in [0.5, 0.6) is 0 Å². The monoisotopic (exact) mass is 213 g/mol. The second-order valence-corrected chi connectivity index (χ2v) is 3.86. The topological polar surface area (TPSA) is 47.9 Å². The molecule has 1 heterocycles. The van der Waals surface area contributed by atoms with Crippen LogP contribution in [0.4, 0.5) is 5.69 Å². The number of nitriles is 1. The molecule has 3 heteroatoms. The van der Waals surface area contributed by atoms with Crippen molar-refractivity contribution in [1.82, 2.24) is 5.32 Å². The van der Waals surface area contributed by atoms with Gasteiger partial charge in [0, 0.05) is 18.8 Å². The molecule has 1 aromatic carbocycles. The van der Waals surface area contributed by atoms with Gasteiger partial charge in [0.25, 0.3) is 0 Å². The summed E-state index contributed by atoms with van der Waals surface area (Å²) in [6.45, 7) is 2.90. The third kappa shape index (κ3) is 2.85. The Morgan fingerprint density at radius 3 is 3.12 bits per heavy atom. The lowest BCUT2D eigenvalue weighted by atomic mass is 10.1. The van der Waals surface area contributed by atoms with E-state index in [4.69, 9.17) is 5.26 Å². The first kappa shape index (κ1) is 10.7.